The summed E-state index contributed by atoms with van der Waals surface area (Å²) in [5.74, 6) is -0.0748. The molecule has 1 saturated heterocycles. The molecule has 0 spiro atoms. The van der Waals surface area contributed by atoms with Gasteiger partial charge >= 0.3 is 6.09 Å². The van der Waals surface area contributed by atoms with Crippen molar-refractivity contribution in [1.82, 2.24) is 24.2 Å². The van der Waals surface area contributed by atoms with Crippen LogP contribution in [-0.4, -0.2) is 106 Å². The van der Waals surface area contributed by atoms with Gasteiger partial charge in [0.1, 0.15) is 0 Å². The molecule has 0 unspecified atom stereocenters. The molecule has 1 aromatic heterocycles. The van der Waals surface area contributed by atoms with Crippen molar-refractivity contribution in [2.75, 3.05) is 52.5 Å². The first-order valence-corrected chi connectivity index (χ1v) is 19.1. The van der Waals surface area contributed by atoms with Crippen molar-refractivity contribution in [2.45, 2.75) is 71.5 Å². The van der Waals surface area contributed by atoms with Crippen molar-refractivity contribution in [2.24, 2.45) is 0 Å². The zero-order chi connectivity index (χ0) is 36.2. The van der Waals surface area contributed by atoms with Crippen LogP contribution >= 0.6 is 0 Å². The molecule has 3 aliphatic rings. The van der Waals surface area contributed by atoms with Gasteiger partial charge in [0.25, 0.3) is 11.8 Å². The summed E-state index contributed by atoms with van der Waals surface area (Å²) in [6.45, 7) is 10.6. The summed E-state index contributed by atoms with van der Waals surface area (Å²) in [5, 5.41) is 10.7. The van der Waals surface area contributed by atoms with Gasteiger partial charge in [0.15, 0.2) is 0 Å². The van der Waals surface area contributed by atoms with Gasteiger partial charge in [-0.2, -0.15) is 0 Å². The van der Waals surface area contributed by atoms with Crippen LogP contribution in [0.15, 0.2) is 66.9 Å². The molecule has 0 bridgehead atoms. The molecule has 7 rings (SSSR count). The van der Waals surface area contributed by atoms with E-state index in [0.29, 0.717) is 56.9 Å². The molecule has 1 fully saturated rings. The van der Waals surface area contributed by atoms with Crippen molar-refractivity contribution in [3.05, 3.63) is 100 Å². The number of aromatic nitrogens is 1. The second kappa shape index (κ2) is 15.9. The molecule has 0 saturated carbocycles. The Bertz CT molecular complexity index is 1920. The van der Waals surface area contributed by atoms with E-state index in [9.17, 15) is 14.7 Å². The maximum Gasteiger partial charge on any atom is 0.407 e. The predicted molar refractivity (Wildman–Crippen MR) is 202 cm³/mol. The summed E-state index contributed by atoms with van der Waals surface area (Å²) in [6.07, 6.45) is 6.16. The number of rotatable bonds is 11. The van der Waals surface area contributed by atoms with Crippen molar-refractivity contribution >= 4 is 28.8 Å². The standard InChI is InChI=1S/C42H51N5O5/c1-3-5-16-44(17-6-4-2)40(48)37-29-47(38-14-10-9-13-35(37)38)39-25-31-15-18-45(42(50)51)26-33(31)24-36(39)41(49)46-27-32-12-8-7-11-30(32)23-34(46)28-43-19-21-52-22-20-43/h7-14,24-25,29,34H,3-6,15-23,26-28H2,1-2H3,(H,50,51)/t34-/m0/s1. The van der Waals surface area contributed by atoms with E-state index in [1.165, 1.54) is 10.5 Å². The van der Waals surface area contributed by atoms with Crippen LogP contribution in [-0.2, 0) is 30.7 Å². The Labute approximate surface area is 306 Å². The summed E-state index contributed by atoms with van der Waals surface area (Å²) in [4.78, 5) is 49.4. The molecule has 1 atom stereocenters. The number of hydrogen-bond acceptors (Lipinski definition) is 5. The molecular weight excluding hydrogens is 654 g/mol. The molecule has 1 N–H and O–H groups in total. The lowest BCUT2D eigenvalue weighted by molar-refractivity contribution is 0.0193. The zero-order valence-electron chi connectivity index (χ0n) is 30.6. The molecule has 0 radical (unpaired) electrons. The highest BCUT2D eigenvalue weighted by Gasteiger charge is 2.35. The van der Waals surface area contributed by atoms with E-state index in [4.69, 9.17) is 4.74 Å². The van der Waals surface area contributed by atoms with Gasteiger partial charge < -0.3 is 29.1 Å². The second-order valence-corrected chi connectivity index (χ2v) is 14.5. The van der Waals surface area contributed by atoms with E-state index in [2.05, 4.69) is 43.0 Å². The maximum absolute atomic E-state index is 15.2. The molecule has 10 heteroatoms. The van der Waals surface area contributed by atoms with Gasteiger partial charge in [-0.05, 0) is 66.1 Å². The number of amides is 3. The number of unbranched alkanes of at least 4 members (excludes halogenated alkanes) is 2. The van der Waals surface area contributed by atoms with Crippen LogP contribution in [0.1, 0.15) is 82.5 Å². The SMILES string of the molecule is CCCCN(CCCC)C(=O)c1cn(-c2cc3c(cc2C(=O)N2Cc4ccccc4C[C@H]2CN2CCOCC2)CN(C(=O)O)CC3)c2ccccc12. The molecule has 3 aromatic carbocycles. The number of carbonyl (C=O) groups excluding carboxylic acids is 2. The molecule has 274 valence electrons. The first-order chi connectivity index (χ1) is 25.4. The van der Waals surface area contributed by atoms with Crippen molar-refractivity contribution in [3.63, 3.8) is 0 Å². The highest BCUT2D eigenvalue weighted by Crippen LogP contribution is 2.34. The van der Waals surface area contributed by atoms with Gasteiger partial charge in [-0.3, -0.25) is 14.5 Å². The zero-order valence-corrected chi connectivity index (χ0v) is 30.6. The quantitative estimate of drug-likeness (QED) is 0.189. The number of benzene rings is 3. The van der Waals surface area contributed by atoms with Gasteiger partial charge in [-0.25, -0.2) is 4.79 Å². The number of carboxylic acid groups (broad SMARTS) is 1. The lowest BCUT2D eigenvalue weighted by Gasteiger charge is -2.41. The molecule has 0 aliphatic carbocycles. The highest BCUT2D eigenvalue weighted by atomic mass is 16.5. The third-order valence-electron chi connectivity index (χ3n) is 11.1. The molecule has 3 amide bonds. The smallest absolute Gasteiger partial charge is 0.407 e. The van der Waals surface area contributed by atoms with Gasteiger partial charge in [-0.15, -0.1) is 0 Å². The Balaban J connectivity index is 1.35. The van der Waals surface area contributed by atoms with E-state index in [0.717, 1.165) is 85.0 Å². The normalized spacial score (nSPS) is 17.5. The number of nitrogens with zero attached hydrogens (tertiary/aromatic N) is 5. The van der Waals surface area contributed by atoms with E-state index < -0.39 is 6.09 Å². The summed E-state index contributed by atoms with van der Waals surface area (Å²) in [5.41, 5.74) is 7.02. The molecule has 10 nitrogen and oxygen atoms in total. The van der Waals surface area contributed by atoms with Crippen molar-refractivity contribution in [3.8, 4) is 5.69 Å². The van der Waals surface area contributed by atoms with Gasteiger partial charge in [-0.1, -0.05) is 69.2 Å². The Morgan fingerprint density at radius 3 is 2.27 bits per heavy atom. The van der Waals surface area contributed by atoms with E-state index in [1.807, 2.05) is 57.0 Å². The highest BCUT2D eigenvalue weighted by molar-refractivity contribution is 6.08. The molecule has 52 heavy (non-hydrogen) atoms. The van der Waals surface area contributed by atoms with Crippen LogP contribution < -0.4 is 0 Å². The first kappa shape index (κ1) is 35.7. The lowest BCUT2D eigenvalue weighted by atomic mass is 9.91. The third kappa shape index (κ3) is 7.32. The molecule has 4 heterocycles. The van der Waals surface area contributed by atoms with Gasteiger partial charge in [0, 0.05) is 70.0 Å². The molecular formula is C42H51N5O5. The minimum absolute atomic E-state index is 0.0120. The van der Waals surface area contributed by atoms with Crippen LogP contribution in [0.5, 0.6) is 0 Å². The van der Waals surface area contributed by atoms with E-state index in [1.54, 1.807) is 0 Å². The first-order valence-electron chi connectivity index (χ1n) is 19.1. The van der Waals surface area contributed by atoms with Gasteiger partial charge in [0.2, 0.25) is 0 Å². The summed E-state index contributed by atoms with van der Waals surface area (Å²) >= 11 is 0. The minimum Gasteiger partial charge on any atom is -0.465 e. The Hall–Kier alpha value is -4.67. The van der Waals surface area contributed by atoms with Crippen LogP contribution in [0.4, 0.5) is 4.79 Å². The fourth-order valence-electron chi connectivity index (χ4n) is 8.09. The minimum atomic E-state index is -0.962. The number of carbonyl (C=O) groups is 3. The van der Waals surface area contributed by atoms with Crippen LogP contribution in [0, 0.1) is 0 Å². The Morgan fingerprint density at radius 1 is 0.827 bits per heavy atom. The average molecular weight is 706 g/mol. The third-order valence-corrected chi connectivity index (χ3v) is 11.1. The topological polar surface area (TPSA) is 98.6 Å². The van der Waals surface area contributed by atoms with Crippen molar-refractivity contribution in [1.29, 1.82) is 0 Å². The van der Waals surface area contributed by atoms with E-state index >= 15 is 4.79 Å². The van der Waals surface area contributed by atoms with Crippen molar-refractivity contribution < 1.29 is 24.2 Å². The Morgan fingerprint density at radius 2 is 1.54 bits per heavy atom. The fraction of sp³-hybridized carbons (Fsp3) is 0.452. The predicted octanol–water partition coefficient (Wildman–Crippen LogP) is 6.61. The number of para-hydroxylation sites is 1. The fourth-order valence-corrected chi connectivity index (χ4v) is 8.09. The number of hydrogen-bond donors (Lipinski definition) is 1. The number of ether oxygens (including phenoxy) is 1. The lowest BCUT2D eigenvalue weighted by Crippen LogP contribution is -2.52. The number of morpholine rings is 1. The van der Waals surface area contributed by atoms with Crippen LogP contribution in [0.25, 0.3) is 16.6 Å². The molecule has 4 aromatic rings. The largest absolute Gasteiger partial charge is 0.465 e. The monoisotopic (exact) mass is 705 g/mol. The summed E-state index contributed by atoms with van der Waals surface area (Å²) in [7, 11) is 0. The second-order valence-electron chi connectivity index (χ2n) is 14.5. The maximum atomic E-state index is 15.2. The van der Waals surface area contributed by atoms with E-state index in [-0.39, 0.29) is 24.4 Å². The number of fused-ring (bicyclic) bond motifs is 3. The summed E-state index contributed by atoms with van der Waals surface area (Å²) in [6, 6.07) is 20.3. The molecule has 3 aliphatic heterocycles. The van der Waals surface area contributed by atoms with Crippen LogP contribution in [0.3, 0.4) is 0 Å². The summed E-state index contributed by atoms with van der Waals surface area (Å²) < 4.78 is 7.68. The van der Waals surface area contributed by atoms with Gasteiger partial charge in [0.05, 0.1) is 35.5 Å². The Kier molecular flexibility index (Phi) is 10.9. The average Bonchev–Trinajstić information content (AvgIpc) is 3.56. The van der Waals surface area contributed by atoms with Crippen LogP contribution in [0.2, 0.25) is 0 Å².